The van der Waals surface area contributed by atoms with Crippen LogP contribution in [0.4, 0.5) is 5.69 Å². The zero-order valence-corrected chi connectivity index (χ0v) is 15.2. The molecule has 0 aliphatic carbocycles. The van der Waals surface area contributed by atoms with Gasteiger partial charge in [-0.2, -0.15) is 4.31 Å². The molecule has 1 aromatic heterocycles. The molecule has 0 saturated heterocycles. The number of sulfonamides is 1. The van der Waals surface area contributed by atoms with Crippen LogP contribution in [-0.4, -0.2) is 19.3 Å². The third-order valence-corrected chi connectivity index (χ3v) is 6.59. The second-order valence-corrected chi connectivity index (χ2v) is 8.94. The number of nitrogens with two attached hydrogens (primary N) is 1. The molecule has 0 bridgehead atoms. The third kappa shape index (κ3) is 3.78. The summed E-state index contributed by atoms with van der Waals surface area (Å²) in [5.41, 5.74) is 6.06. The maximum Gasteiger partial charge on any atom is 0.245 e. The lowest BCUT2D eigenvalue weighted by molar-refractivity contribution is 0.426. The van der Waals surface area contributed by atoms with Crippen LogP contribution in [0, 0.1) is 0 Å². The lowest BCUT2D eigenvalue weighted by Gasteiger charge is -2.21. The van der Waals surface area contributed by atoms with Crippen LogP contribution in [0.2, 0.25) is 4.34 Å². The summed E-state index contributed by atoms with van der Waals surface area (Å²) < 4.78 is 28.2. The lowest BCUT2D eigenvalue weighted by Crippen LogP contribution is -2.30. The van der Waals surface area contributed by atoms with E-state index >= 15 is 0 Å². The Balaban J connectivity index is 2.37. The molecule has 114 valence electrons. The van der Waals surface area contributed by atoms with Crippen molar-refractivity contribution in [3.05, 3.63) is 44.0 Å². The minimum absolute atomic E-state index is 0.112. The molecule has 1 heterocycles. The zero-order chi connectivity index (χ0) is 15.6. The molecular formula is C13H14BrClN2O2S2. The van der Waals surface area contributed by atoms with Crippen molar-refractivity contribution in [2.75, 3.05) is 12.3 Å². The fourth-order valence-electron chi connectivity index (χ4n) is 1.85. The van der Waals surface area contributed by atoms with Crippen molar-refractivity contribution >= 4 is 54.6 Å². The van der Waals surface area contributed by atoms with Crippen molar-refractivity contribution in [2.45, 2.75) is 18.4 Å². The Morgan fingerprint density at radius 1 is 1.33 bits per heavy atom. The Labute approximate surface area is 141 Å². The average molecular weight is 410 g/mol. The fourth-order valence-corrected chi connectivity index (χ4v) is 5.11. The molecule has 0 unspecified atom stereocenters. The molecule has 0 atom stereocenters. The number of nitrogen functional groups attached to an aromatic ring is 1. The van der Waals surface area contributed by atoms with Crippen molar-refractivity contribution in [3.8, 4) is 0 Å². The van der Waals surface area contributed by atoms with E-state index in [1.807, 2.05) is 6.07 Å². The topological polar surface area (TPSA) is 63.4 Å². The Hall–Kier alpha value is -0.600. The van der Waals surface area contributed by atoms with Crippen LogP contribution in [0.25, 0.3) is 0 Å². The molecule has 0 amide bonds. The standard InChI is InChI=1S/C13H14BrClN2O2S2/c1-2-17(8-10-4-6-13(15)20-10)21(18,19)12-7-9(14)3-5-11(12)16/h3-7H,2,8,16H2,1H3. The van der Waals surface area contributed by atoms with E-state index in [2.05, 4.69) is 15.9 Å². The Morgan fingerprint density at radius 3 is 2.62 bits per heavy atom. The van der Waals surface area contributed by atoms with Gasteiger partial charge in [-0.25, -0.2) is 8.42 Å². The van der Waals surface area contributed by atoms with Crippen LogP contribution in [0.1, 0.15) is 11.8 Å². The van der Waals surface area contributed by atoms with Crippen molar-refractivity contribution in [1.29, 1.82) is 0 Å². The fraction of sp³-hybridized carbons (Fsp3) is 0.231. The zero-order valence-electron chi connectivity index (χ0n) is 11.2. The van der Waals surface area contributed by atoms with Crippen LogP contribution in [0.15, 0.2) is 39.7 Å². The second-order valence-electron chi connectivity index (χ2n) is 4.32. The first-order chi connectivity index (χ1) is 9.84. The number of halogens is 2. The van der Waals surface area contributed by atoms with Gasteiger partial charge >= 0.3 is 0 Å². The van der Waals surface area contributed by atoms with Crippen LogP contribution in [-0.2, 0) is 16.6 Å². The summed E-state index contributed by atoms with van der Waals surface area (Å²) in [6, 6.07) is 8.40. The van der Waals surface area contributed by atoms with E-state index in [0.29, 0.717) is 15.4 Å². The van der Waals surface area contributed by atoms with Gasteiger partial charge in [-0.05, 0) is 30.3 Å². The van der Waals surface area contributed by atoms with Gasteiger partial charge in [-0.15, -0.1) is 11.3 Å². The van der Waals surface area contributed by atoms with Crippen LogP contribution in [0.3, 0.4) is 0 Å². The normalized spacial score (nSPS) is 12.0. The highest BCUT2D eigenvalue weighted by molar-refractivity contribution is 9.10. The van der Waals surface area contributed by atoms with Crippen LogP contribution in [0.5, 0.6) is 0 Å². The van der Waals surface area contributed by atoms with E-state index in [0.717, 1.165) is 4.88 Å². The average Bonchev–Trinajstić information content (AvgIpc) is 2.84. The van der Waals surface area contributed by atoms with Gasteiger partial charge in [0.25, 0.3) is 0 Å². The number of rotatable bonds is 5. The third-order valence-electron chi connectivity index (χ3n) is 2.91. The predicted molar refractivity (Wildman–Crippen MR) is 91.2 cm³/mol. The van der Waals surface area contributed by atoms with Gasteiger partial charge in [0.1, 0.15) is 4.90 Å². The maximum absolute atomic E-state index is 12.7. The summed E-state index contributed by atoms with van der Waals surface area (Å²) in [6.45, 7) is 2.42. The van der Waals surface area contributed by atoms with E-state index in [4.69, 9.17) is 17.3 Å². The van der Waals surface area contributed by atoms with Gasteiger partial charge < -0.3 is 5.73 Å². The van der Waals surface area contributed by atoms with Gasteiger partial charge in [0.05, 0.1) is 10.0 Å². The van der Waals surface area contributed by atoms with Crippen LogP contribution < -0.4 is 5.73 Å². The Morgan fingerprint density at radius 2 is 2.05 bits per heavy atom. The molecule has 0 radical (unpaired) electrons. The Kier molecular flexibility index (Phi) is 5.32. The number of anilines is 1. The maximum atomic E-state index is 12.7. The van der Waals surface area contributed by atoms with Crippen molar-refractivity contribution < 1.29 is 8.42 Å². The highest BCUT2D eigenvalue weighted by atomic mass is 79.9. The Bertz CT molecular complexity index is 746. The molecule has 1 aromatic carbocycles. The SMILES string of the molecule is CCN(Cc1ccc(Cl)s1)S(=O)(=O)c1cc(Br)ccc1N. The molecule has 2 aromatic rings. The number of hydrogen-bond donors (Lipinski definition) is 1. The second kappa shape index (κ2) is 6.66. The lowest BCUT2D eigenvalue weighted by atomic mass is 10.3. The van der Waals surface area contributed by atoms with E-state index in [9.17, 15) is 8.42 Å². The minimum atomic E-state index is -3.65. The molecule has 4 nitrogen and oxygen atoms in total. The quantitative estimate of drug-likeness (QED) is 0.760. The summed E-state index contributed by atoms with van der Waals surface area (Å²) in [5, 5.41) is 0. The van der Waals surface area contributed by atoms with Gasteiger partial charge in [0.2, 0.25) is 10.0 Å². The van der Waals surface area contributed by atoms with Gasteiger partial charge in [-0.3, -0.25) is 0 Å². The van der Waals surface area contributed by atoms with Gasteiger partial charge in [-0.1, -0.05) is 34.5 Å². The van der Waals surface area contributed by atoms with Crippen molar-refractivity contribution in [1.82, 2.24) is 4.31 Å². The molecule has 0 saturated carbocycles. The first kappa shape index (κ1) is 16.8. The van der Waals surface area contributed by atoms with Crippen molar-refractivity contribution in [3.63, 3.8) is 0 Å². The summed E-state index contributed by atoms with van der Waals surface area (Å²) in [5.74, 6) is 0. The number of hydrogen-bond acceptors (Lipinski definition) is 4. The van der Waals surface area contributed by atoms with E-state index < -0.39 is 10.0 Å². The number of thiophene rings is 1. The molecule has 2 rings (SSSR count). The summed E-state index contributed by atoms with van der Waals surface area (Å²) in [7, 11) is -3.65. The largest absolute Gasteiger partial charge is 0.398 e. The molecule has 21 heavy (non-hydrogen) atoms. The van der Waals surface area contributed by atoms with Crippen LogP contribution >= 0.6 is 38.9 Å². The smallest absolute Gasteiger partial charge is 0.245 e. The molecule has 0 spiro atoms. The minimum Gasteiger partial charge on any atom is -0.398 e. The monoisotopic (exact) mass is 408 g/mol. The van der Waals surface area contributed by atoms with E-state index in [1.165, 1.54) is 21.7 Å². The van der Waals surface area contributed by atoms with Gasteiger partial charge in [0.15, 0.2) is 0 Å². The molecular weight excluding hydrogens is 396 g/mol. The summed E-state index contributed by atoms with van der Waals surface area (Å²) >= 11 is 10.5. The number of benzene rings is 1. The van der Waals surface area contributed by atoms with Crippen molar-refractivity contribution in [2.24, 2.45) is 0 Å². The molecule has 0 aliphatic heterocycles. The first-order valence-electron chi connectivity index (χ1n) is 6.14. The number of nitrogens with zero attached hydrogens (tertiary/aromatic N) is 1. The van der Waals surface area contributed by atoms with E-state index in [1.54, 1.807) is 25.1 Å². The summed E-state index contributed by atoms with van der Waals surface area (Å²) in [4.78, 5) is 1.00. The predicted octanol–water partition coefficient (Wildman–Crippen LogP) is 3.96. The van der Waals surface area contributed by atoms with Gasteiger partial charge in [0, 0.05) is 22.4 Å². The molecule has 2 N–H and O–H groups in total. The highest BCUT2D eigenvalue weighted by Gasteiger charge is 2.26. The summed E-state index contributed by atoms with van der Waals surface area (Å²) in [6.07, 6.45) is 0. The molecule has 8 heteroatoms. The molecule has 0 aliphatic rings. The van der Waals surface area contributed by atoms with E-state index in [-0.39, 0.29) is 17.1 Å². The molecule has 0 fully saturated rings. The first-order valence-corrected chi connectivity index (χ1v) is 9.56. The highest BCUT2D eigenvalue weighted by Crippen LogP contribution is 2.29.